The van der Waals surface area contributed by atoms with Crippen molar-refractivity contribution in [2.75, 3.05) is 7.05 Å². The third-order valence-electron chi connectivity index (χ3n) is 3.85. The van der Waals surface area contributed by atoms with Gasteiger partial charge in [-0.2, -0.15) is 0 Å². The topological polar surface area (TPSA) is 59.2 Å². The van der Waals surface area contributed by atoms with Gasteiger partial charge in [-0.1, -0.05) is 11.2 Å². The monoisotopic (exact) mass is 285 g/mol. The first kappa shape index (κ1) is 13.8. The SMILES string of the molecule is Cc1cccc(CN(C)C(=O)c2onc3c2CCCC3)n1. The Kier molecular flexibility index (Phi) is 3.73. The standard InChI is InChI=1S/C16H19N3O2/c1-11-6-5-7-12(17-11)10-19(2)16(20)15-13-8-3-4-9-14(13)18-21-15/h5-7H,3-4,8-10H2,1-2H3. The Bertz CT molecular complexity index is 663. The second kappa shape index (κ2) is 5.68. The van der Waals surface area contributed by atoms with Crippen LogP contribution in [0.4, 0.5) is 0 Å². The maximum absolute atomic E-state index is 12.5. The van der Waals surface area contributed by atoms with Crippen molar-refractivity contribution < 1.29 is 9.32 Å². The summed E-state index contributed by atoms with van der Waals surface area (Å²) in [6.45, 7) is 2.41. The molecule has 0 bridgehead atoms. The summed E-state index contributed by atoms with van der Waals surface area (Å²) in [6, 6.07) is 5.82. The Morgan fingerprint density at radius 2 is 2.14 bits per heavy atom. The highest BCUT2D eigenvalue weighted by molar-refractivity contribution is 5.92. The van der Waals surface area contributed by atoms with Gasteiger partial charge < -0.3 is 9.42 Å². The molecule has 2 heterocycles. The van der Waals surface area contributed by atoms with E-state index >= 15 is 0 Å². The van der Waals surface area contributed by atoms with E-state index in [0.29, 0.717) is 12.3 Å². The van der Waals surface area contributed by atoms with Crippen molar-refractivity contribution in [2.24, 2.45) is 0 Å². The zero-order chi connectivity index (χ0) is 14.8. The largest absolute Gasteiger partial charge is 0.350 e. The lowest BCUT2D eigenvalue weighted by molar-refractivity contribution is 0.0740. The first-order chi connectivity index (χ1) is 10.1. The summed E-state index contributed by atoms with van der Waals surface area (Å²) >= 11 is 0. The van der Waals surface area contributed by atoms with Crippen molar-refractivity contribution in [1.29, 1.82) is 0 Å². The molecule has 0 spiro atoms. The van der Waals surface area contributed by atoms with E-state index in [4.69, 9.17) is 4.52 Å². The summed E-state index contributed by atoms with van der Waals surface area (Å²) in [5, 5.41) is 4.04. The zero-order valence-electron chi connectivity index (χ0n) is 12.4. The van der Waals surface area contributed by atoms with Crippen molar-refractivity contribution in [1.82, 2.24) is 15.0 Å². The van der Waals surface area contributed by atoms with E-state index in [2.05, 4.69) is 10.1 Å². The molecular weight excluding hydrogens is 266 g/mol. The Balaban J connectivity index is 1.77. The van der Waals surface area contributed by atoms with Gasteiger partial charge in [-0.25, -0.2) is 0 Å². The van der Waals surface area contributed by atoms with E-state index in [0.717, 1.165) is 48.3 Å². The molecule has 0 saturated carbocycles. The van der Waals surface area contributed by atoms with Crippen LogP contribution >= 0.6 is 0 Å². The minimum Gasteiger partial charge on any atom is -0.350 e. The van der Waals surface area contributed by atoms with Crippen molar-refractivity contribution in [3.05, 3.63) is 46.6 Å². The molecule has 0 aliphatic heterocycles. The predicted octanol–water partition coefficient (Wildman–Crippen LogP) is 2.53. The Morgan fingerprint density at radius 1 is 1.33 bits per heavy atom. The van der Waals surface area contributed by atoms with Gasteiger partial charge >= 0.3 is 0 Å². The van der Waals surface area contributed by atoms with Gasteiger partial charge in [0.05, 0.1) is 17.9 Å². The van der Waals surface area contributed by atoms with Crippen LogP contribution in [0.25, 0.3) is 0 Å². The number of carbonyl (C=O) groups excluding carboxylic acids is 1. The van der Waals surface area contributed by atoms with Gasteiger partial charge in [-0.3, -0.25) is 9.78 Å². The van der Waals surface area contributed by atoms with E-state index < -0.39 is 0 Å². The van der Waals surface area contributed by atoms with Crippen LogP contribution in [0.2, 0.25) is 0 Å². The fourth-order valence-corrected chi connectivity index (χ4v) is 2.73. The molecule has 2 aromatic rings. The van der Waals surface area contributed by atoms with Crippen LogP contribution in [0, 0.1) is 6.92 Å². The lowest BCUT2D eigenvalue weighted by Gasteiger charge is -2.16. The second-order valence-electron chi connectivity index (χ2n) is 5.58. The first-order valence-corrected chi connectivity index (χ1v) is 7.30. The molecule has 5 nitrogen and oxygen atoms in total. The summed E-state index contributed by atoms with van der Waals surface area (Å²) in [5.41, 5.74) is 3.77. The van der Waals surface area contributed by atoms with Crippen LogP contribution in [0.3, 0.4) is 0 Å². The van der Waals surface area contributed by atoms with E-state index in [1.807, 2.05) is 25.1 Å². The van der Waals surface area contributed by atoms with Crippen LogP contribution < -0.4 is 0 Å². The number of fused-ring (bicyclic) bond motifs is 1. The van der Waals surface area contributed by atoms with Crippen molar-refractivity contribution in [2.45, 2.75) is 39.2 Å². The van der Waals surface area contributed by atoms with Gasteiger partial charge in [-0.15, -0.1) is 0 Å². The van der Waals surface area contributed by atoms with Gasteiger partial charge in [0, 0.05) is 18.3 Å². The minimum atomic E-state index is -0.117. The van der Waals surface area contributed by atoms with E-state index in [1.54, 1.807) is 11.9 Å². The van der Waals surface area contributed by atoms with Gasteiger partial charge in [-0.05, 0) is 44.7 Å². The maximum atomic E-state index is 12.5. The van der Waals surface area contributed by atoms with Crippen molar-refractivity contribution in [3.63, 3.8) is 0 Å². The molecule has 3 rings (SSSR count). The van der Waals surface area contributed by atoms with Crippen LogP contribution in [0.5, 0.6) is 0 Å². The number of amides is 1. The van der Waals surface area contributed by atoms with Crippen molar-refractivity contribution >= 4 is 5.91 Å². The quantitative estimate of drug-likeness (QED) is 0.869. The number of aryl methyl sites for hydroxylation is 2. The predicted molar refractivity (Wildman–Crippen MR) is 77.9 cm³/mol. The van der Waals surface area contributed by atoms with Gasteiger partial charge in [0.2, 0.25) is 5.76 Å². The van der Waals surface area contributed by atoms with Gasteiger partial charge in [0.1, 0.15) is 0 Å². The number of nitrogens with zero attached hydrogens (tertiary/aromatic N) is 3. The molecule has 1 amide bonds. The first-order valence-electron chi connectivity index (χ1n) is 7.30. The third kappa shape index (κ3) is 2.82. The van der Waals surface area contributed by atoms with Crippen LogP contribution in [0.15, 0.2) is 22.7 Å². The molecule has 1 aliphatic rings. The van der Waals surface area contributed by atoms with Gasteiger partial charge in [0.25, 0.3) is 5.91 Å². The van der Waals surface area contributed by atoms with Crippen LogP contribution in [0.1, 0.15) is 46.0 Å². The average molecular weight is 285 g/mol. The third-order valence-corrected chi connectivity index (χ3v) is 3.85. The molecule has 0 saturated heterocycles. The molecule has 0 aromatic carbocycles. The number of rotatable bonds is 3. The fraction of sp³-hybridized carbons (Fsp3) is 0.438. The molecule has 1 aliphatic carbocycles. The normalized spacial score (nSPS) is 13.8. The molecule has 2 aromatic heterocycles. The van der Waals surface area contributed by atoms with Gasteiger partial charge in [0.15, 0.2) is 0 Å². The van der Waals surface area contributed by atoms with E-state index in [1.165, 1.54) is 0 Å². The summed E-state index contributed by atoms with van der Waals surface area (Å²) in [6.07, 6.45) is 4.01. The summed E-state index contributed by atoms with van der Waals surface area (Å²) in [4.78, 5) is 18.6. The Labute approximate surface area is 124 Å². The number of carbonyl (C=O) groups is 1. The van der Waals surface area contributed by atoms with Crippen LogP contribution in [-0.2, 0) is 19.4 Å². The minimum absolute atomic E-state index is 0.117. The lowest BCUT2D eigenvalue weighted by Crippen LogP contribution is -2.27. The van der Waals surface area contributed by atoms with Crippen LogP contribution in [-0.4, -0.2) is 28.0 Å². The smallest absolute Gasteiger partial charge is 0.292 e. The highest BCUT2D eigenvalue weighted by Gasteiger charge is 2.26. The zero-order valence-corrected chi connectivity index (χ0v) is 12.4. The lowest BCUT2D eigenvalue weighted by atomic mass is 9.96. The number of hydrogen-bond acceptors (Lipinski definition) is 4. The Hall–Kier alpha value is -2.17. The van der Waals surface area contributed by atoms with Crippen molar-refractivity contribution in [3.8, 4) is 0 Å². The number of hydrogen-bond donors (Lipinski definition) is 0. The average Bonchev–Trinajstić information content (AvgIpc) is 2.90. The number of aromatic nitrogens is 2. The molecule has 0 radical (unpaired) electrons. The van der Waals surface area contributed by atoms with E-state index in [9.17, 15) is 4.79 Å². The Morgan fingerprint density at radius 3 is 2.95 bits per heavy atom. The summed E-state index contributed by atoms with van der Waals surface area (Å²) < 4.78 is 5.30. The molecule has 0 fully saturated rings. The van der Waals surface area contributed by atoms with E-state index in [-0.39, 0.29) is 5.91 Å². The summed E-state index contributed by atoms with van der Waals surface area (Å²) in [7, 11) is 1.77. The molecule has 0 unspecified atom stereocenters. The molecule has 110 valence electrons. The maximum Gasteiger partial charge on any atom is 0.292 e. The highest BCUT2D eigenvalue weighted by Crippen LogP contribution is 2.24. The number of pyridine rings is 1. The molecule has 0 atom stereocenters. The molecule has 21 heavy (non-hydrogen) atoms. The summed E-state index contributed by atoms with van der Waals surface area (Å²) in [5.74, 6) is 0.286. The molecule has 5 heteroatoms. The molecular formula is C16H19N3O2. The second-order valence-corrected chi connectivity index (χ2v) is 5.58. The fourth-order valence-electron chi connectivity index (χ4n) is 2.73. The molecule has 0 N–H and O–H groups in total. The highest BCUT2D eigenvalue weighted by atomic mass is 16.5.